The molecule has 2 aromatic rings. The second-order valence-corrected chi connectivity index (χ2v) is 5.31. The minimum absolute atomic E-state index is 0.00713. The highest BCUT2D eigenvalue weighted by Gasteiger charge is 2.16. The molecule has 21 heavy (non-hydrogen) atoms. The van der Waals surface area contributed by atoms with Crippen molar-refractivity contribution in [2.24, 2.45) is 5.73 Å². The van der Waals surface area contributed by atoms with E-state index in [2.05, 4.69) is 14.6 Å². The number of nitrogens with two attached hydrogens (primary N) is 1. The first-order chi connectivity index (χ1) is 10.1. The van der Waals surface area contributed by atoms with Crippen molar-refractivity contribution in [1.29, 1.82) is 0 Å². The Bertz CT molecular complexity index is 534. The van der Waals surface area contributed by atoms with Crippen LogP contribution in [0, 0.1) is 0 Å². The van der Waals surface area contributed by atoms with Crippen molar-refractivity contribution in [3.63, 3.8) is 0 Å². The van der Waals surface area contributed by atoms with Crippen LogP contribution in [0.4, 0.5) is 8.78 Å². The summed E-state index contributed by atoms with van der Waals surface area (Å²) in [6.07, 6.45) is 0. The number of rotatable bonds is 7. The topological polar surface area (TPSA) is 51.4 Å². The maximum absolute atomic E-state index is 12.1. The summed E-state index contributed by atoms with van der Waals surface area (Å²) in [6, 6.07) is 6.56. The smallest absolute Gasteiger partial charge is 0.387 e. The Balaban J connectivity index is 2.05. The summed E-state index contributed by atoms with van der Waals surface area (Å²) in [6.45, 7) is -1.70. The lowest BCUT2D eigenvalue weighted by Crippen LogP contribution is -2.30. The summed E-state index contributed by atoms with van der Waals surface area (Å²) in [4.78, 5) is 6.33. The average Bonchev–Trinajstić information content (AvgIpc) is 2.93. The molecule has 0 spiro atoms. The van der Waals surface area contributed by atoms with Gasteiger partial charge in [-0.3, -0.25) is 4.90 Å². The fourth-order valence-corrected chi connectivity index (χ4v) is 2.67. The van der Waals surface area contributed by atoms with E-state index in [-0.39, 0.29) is 11.8 Å². The summed E-state index contributed by atoms with van der Waals surface area (Å²) in [5, 5.41) is 1.99. The summed E-state index contributed by atoms with van der Waals surface area (Å²) < 4.78 is 28.6. The highest BCUT2D eigenvalue weighted by Crippen LogP contribution is 2.23. The van der Waals surface area contributed by atoms with E-state index in [0.29, 0.717) is 13.1 Å². The second kappa shape index (κ2) is 7.44. The maximum atomic E-state index is 12.1. The predicted molar refractivity (Wildman–Crippen MR) is 78.5 cm³/mol. The van der Waals surface area contributed by atoms with Crippen molar-refractivity contribution < 1.29 is 13.5 Å². The molecule has 1 aromatic carbocycles. The molecule has 0 radical (unpaired) electrons. The molecule has 0 fully saturated rings. The number of hydrogen-bond acceptors (Lipinski definition) is 5. The van der Waals surface area contributed by atoms with Crippen LogP contribution >= 0.6 is 11.3 Å². The zero-order chi connectivity index (χ0) is 15.2. The first-order valence-electron chi connectivity index (χ1n) is 6.42. The zero-order valence-corrected chi connectivity index (χ0v) is 12.4. The minimum Gasteiger partial charge on any atom is -0.435 e. The number of benzene rings is 1. The van der Waals surface area contributed by atoms with Crippen LogP contribution < -0.4 is 10.5 Å². The van der Waals surface area contributed by atoms with Gasteiger partial charge in [0.1, 0.15) is 5.75 Å². The van der Waals surface area contributed by atoms with Crippen LogP contribution in [0.2, 0.25) is 0 Å². The van der Waals surface area contributed by atoms with Crippen molar-refractivity contribution in [2.45, 2.75) is 19.2 Å². The van der Waals surface area contributed by atoms with Crippen LogP contribution in [-0.4, -0.2) is 30.1 Å². The van der Waals surface area contributed by atoms with Gasteiger partial charge in [0.05, 0.1) is 11.2 Å². The largest absolute Gasteiger partial charge is 0.435 e. The van der Waals surface area contributed by atoms with E-state index in [4.69, 9.17) is 5.73 Å². The first-order valence-corrected chi connectivity index (χ1v) is 7.36. The lowest BCUT2D eigenvalue weighted by atomic mass is 10.1. The van der Waals surface area contributed by atoms with Gasteiger partial charge in [0, 0.05) is 24.5 Å². The van der Waals surface area contributed by atoms with E-state index in [1.807, 2.05) is 12.4 Å². The van der Waals surface area contributed by atoms with Crippen molar-refractivity contribution >= 4 is 11.3 Å². The molecule has 0 amide bonds. The van der Waals surface area contributed by atoms with Gasteiger partial charge in [-0.1, -0.05) is 12.1 Å². The quantitative estimate of drug-likeness (QED) is 0.854. The summed E-state index contributed by atoms with van der Waals surface area (Å²) in [5.41, 5.74) is 9.57. The number of hydrogen-bond donors (Lipinski definition) is 1. The van der Waals surface area contributed by atoms with Crippen molar-refractivity contribution in [1.82, 2.24) is 9.88 Å². The number of halogens is 2. The van der Waals surface area contributed by atoms with Crippen molar-refractivity contribution in [2.75, 3.05) is 13.6 Å². The average molecular weight is 313 g/mol. The molecule has 0 aliphatic carbocycles. The van der Waals surface area contributed by atoms with Gasteiger partial charge in [0.2, 0.25) is 0 Å². The van der Waals surface area contributed by atoms with Gasteiger partial charge in [-0.2, -0.15) is 8.78 Å². The number of aromatic nitrogens is 1. The van der Waals surface area contributed by atoms with Crippen LogP contribution in [0.25, 0.3) is 0 Å². The highest BCUT2D eigenvalue weighted by atomic mass is 32.1. The molecule has 4 nitrogen and oxygen atoms in total. The number of nitrogens with zero attached hydrogens (tertiary/aromatic N) is 2. The van der Waals surface area contributed by atoms with Gasteiger partial charge >= 0.3 is 6.61 Å². The van der Waals surface area contributed by atoms with Gasteiger partial charge in [0.25, 0.3) is 0 Å². The van der Waals surface area contributed by atoms with Crippen molar-refractivity contribution in [3.8, 4) is 5.75 Å². The Morgan fingerprint density at radius 2 is 2.05 bits per heavy atom. The van der Waals surface area contributed by atoms with E-state index in [0.717, 1.165) is 11.3 Å². The third-order valence-electron chi connectivity index (χ3n) is 3.14. The molecule has 1 heterocycles. The van der Waals surface area contributed by atoms with Crippen LogP contribution in [0.1, 0.15) is 17.3 Å². The lowest BCUT2D eigenvalue weighted by Gasteiger charge is -2.26. The number of likely N-dealkylation sites (N-methyl/N-ethyl adjacent to an activating group) is 1. The Morgan fingerprint density at radius 1 is 1.33 bits per heavy atom. The zero-order valence-electron chi connectivity index (χ0n) is 11.6. The van der Waals surface area contributed by atoms with E-state index >= 15 is 0 Å². The molecule has 0 saturated carbocycles. The summed E-state index contributed by atoms with van der Waals surface area (Å²) >= 11 is 1.55. The highest BCUT2D eigenvalue weighted by molar-refractivity contribution is 7.07. The molecule has 0 aliphatic rings. The molecule has 0 saturated heterocycles. The standard InChI is InChI=1S/C14H17F2N3OS/c1-19(7-11-8-21-9-18-11)13(6-17)10-2-4-12(5-3-10)20-14(15)16/h2-5,8-9,13-14H,6-7,17H2,1H3. The van der Waals surface area contributed by atoms with E-state index in [1.54, 1.807) is 29.0 Å². The van der Waals surface area contributed by atoms with Crippen LogP contribution in [0.5, 0.6) is 5.75 Å². The molecule has 2 rings (SSSR count). The maximum Gasteiger partial charge on any atom is 0.387 e. The van der Waals surface area contributed by atoms with Gasteiger partial charge < -0.3 is 10.5 Å². The third-order valence-corrected chi connectivity index (χ3v) is 3.78. The monoisotopic (exact) mass is 313 g/mol. The van der Waals surface area contributed by atoms with Crippen LogP contribution in [-0.2, 0) is 6.54 Å². The van der Waals surface area contributed by atoms with Gasteiger partial charge in [0.15, 0.2) is 0 Å². The van der Waals surface area contributed by atoms with Crippen LogP contribution in [0.3, 0.4) is 0 Å². The minimum atomic E-state index is -2.81. The first kappa shape index (κ1) is 15.8. The van der Waals surface area contributed by atoms with Gasteiger partial charge in [-0.25, -0.2) is 4.98 Å². The fraction of sp³-hybridized carbons (Fsp3) is 0.357. The summed E-state index contributed by atoms with van der Waals surface area (Å²) in [7, 11) is 1.96. The van der Waals surface area contributed by atoms with Crippen LogP contribution in [0.15, 0.2) is 35.2 Å². The Hall–Kier alpha value is -1.57. The number of thiazole rings is 1. The van der Waals surface area contributed by atoms with E-state index in [1.165, 1.54) is 12.1 Å². The van der Waals surface area contributed by atoms with Gasteiger partial charge in [-0.05, 0) is 24.7 Å². The predicted octanol–water partition coefficient (Wildman–Crippen LogP) is 2.88. The Labute approximate surface area is 126 Å². The Morgan fingerprint density at radius 3 is 2.57 bits per heavy atom. The number of alkyl halides is 2. The molecule has 1 unspecified atom stereocenters. The molecule has 0 bridgehead atoms. The molecule has 7 heteroatoms. The molecule has 1 aromatic heterocycles. The SMILES string of the molecule is CN(Cc1cscn1)C(CN)c1ccc(OC(F)F)cc1. The second-order valence-electron chi connectivity index (χ2n) is 4.59. The van der Waals surface area contributed by atoms with E-state index < -0.39 is 6.61 Å². The van der Waals surface area contributed by atoms with Crippen molar-refractivity contribution in [3.05, 3.63) is 46.4 Å². The molecule has 1 atom stereocenters. The molecule has 114 valence electrons. The molecule has 2 N–H and O–H groups in total. The molecule has 0 aliphatic heterocycles. The molecular formula is C14H17F2N3OS. The summed E-state index contributed by atoms with van der Waals surface area (Å²) in [5.74, 6) is 0.145. The normalized spacial score (nSPS) is 12.9. The molecular weight excluding hydrogens is 296 g/mol. The Kier molecular flexibility index (Phi) is 5.60. The number of ether oxygens (including phenoxy) is 1. The lowest BCUT2D eigenvalue weighted by molar-refractivity contribution is -0.0498. The van der Waals surface area contributed by atoms with Gasteiger partial charge in [-0.15, -0.1) is 11.3 Å². The van der Waals surface area contributed by atoms with E-state index in [9.17, 15) is 8.78 Å². The fourth-order valence-electron chi connectivity index (χ4n) is 2.12. The third kappa shape index (κ3) is 4.45.